The average molecular weight is 267 g/mol. The van der Waals surface area contributed by atoms with Crippen LogP contribution < -0.4 is 11.1 Å². The summed E-state index contributed by atoms with van der Waals surface area (Å²) in [5.41, 5.74) is 6.30. The third-order valence-corrected chi connectivity index (χ3v) is 4.00. The second-order valence-corrected chi connectivity index (χ2v) is 5.39. The van der Waals surface area contributed by atoms with Crippen molar-refractivity contribution in [1.29, 1.82) is 0 Å². The smallest absolute Gasteiger partial charge is 0.266 e. The summed E-state index contributed by atoms with van der Waals surface area (Å²) >= 11 is 1.38. The number of anilines is 1. The largest absolute Gasteiger partial charge is 0.397 e. The molecule has 0 aromatic carbocycles. The average Bonchev–Trinajstić information content (AvgIpc) is 2.75. The summed E-state index contributed by atoms with van der Waals surface area (Å²) in [4.78, 5) is 25.6. The third-order valence-electron chi connectivity index (χ3n) is 3.08. The predicted molar refractivity (Wildman–Crippen MR) is 71.5 cm³/mol. The van der Waals surface area contributed by atoms with Crippen molar-refractivity contribution in [2.75, 3.05) is 18.8 Å². The molecule has 1 fully saturated rings. The minimum Gasteiger partial charge on any atom is -0.397 e. The molecule has 0 saturated carbocycles. The molecule has 2 rings (SSSR count). The molecule has 1 aliphatic rings. The Morgan fingerprint density at radius 3 is 2.61 bits per heavy atom. The number of piperidine rings is 1. The Kier molecular flexibility index (Phi) is 3.86. The molecule has 2 heterocycles. The predicted octanol–water partition coefficient (Wildman–Crippen LogP) is 1.07. The van der Waals surface area contributed by atoms with Crippen molar-refractivity contribution in [2.45, 2.75) is 25.8 Å². The van der Waals surface area contributed by atoms with Crippen molar-refractivity contribution >= 4 is 28.8 Å². The highest BCUT2D eigenvalue weighted by molar-refractivity contribution is 7.12. The summed E-state index contributed by atoms with van der Waals surface area (Å²) in [5.74, 6) is -0.00828. The standard InChI is InChI=1S/C12H17N3O2S/c1-8(16)14-9-2-5-15(6-3-9)12(17)11-10(13)4-7-18-11/h4,7,9H,2-3,5-6,13H2,1H3,(H,14,16). The van der Waals surface area contributed by atoms with Crippen LogP contribution in [0.5, 0.6) is 0 Å². The highest BCUT2D eigenvalue weighted by Crippen LogP contribution is 2.22. The molecule has 1 aromatic heterocycles. The Bertz CT molecular complexity index is 450. The molecule has 2 amide bonds. The van der Waals surface area contributed by atoms with E-state index in [2.05, 4.69) is 5.32 Å². The second-order valence-electron chi connectivity index (χ2n) is 4.47. The number of nitrogens with zero attached hydrogens (tertiary/aromatic N) is 1. The topological polar surface area (TPSA) is 75.4 Å². The van der Waals surface area contributed by atoms with Crippen LogP contribution in [0, 0.1) is 0 Å². The van der Waals surface area contributed by atoms with Gasteiger partial charge < -0.3 is 16.0 Å². The summed E-state index contributed by atoms with van der Waals surface area (Å²) in [6.07, 6.45) is 1.60. The fraction of sp³-hybridized carbons (Fsp3) is 0.500. The van der Waals surface area contributed by atoms with Gasteiger partial charge in [0.25, 0.3) is 5.91 Å². The zero-order chi connectivity index (χ0) is 13.1. The summed E-state index contributed by atoms with van der Waals surface area (Å²) in [6.45, 7) is 2.85. The van der Waals surface area contributed by atoms with Gasteiger partial charge in [-0.25, -0.2) is 0 Å². The monoisotopic (exact) mass is 267 g/mol. The van der Waals surface area contributed by atoms with Gasteiger partial charge in [-0.2, -0.15) is 0 Å². The maximum Gasteiger partial charge on any atom is 0.266 e. The van der Waals surface area contributed by atoms with E-state index in [1.807, 2.05) is 5.38 Å². The molecule has 18 heavy (non-hydrogen) atoms. The normalized spacial score (nSPS) is 16.6. The number of nitrogen functional groups attached to an aromatic ring is 1. The molecule has 1 saturated heterocycles. The third kappa shape index (κ3) is 2.81. The lowest BCUT2D eigenvalue weighted by molar-refractivity contribution is -0.119. The molecule has 1 aromatic rings. The first-order chi connectivity index (χ1) is 8.58. The van der Waals surface area contributed by atoms with Crippen LogP contribution in [0.1, 0.15) is 29.4 Å². The van der Waals surface area contributed by atoms with E-state index in [-0.39, 0.29) is 17.9 Å². The maximum atomic E-state index is 12.2. The molecule has 0 aliphatic carbocycles. The number of rotatable bonds is 2. The van der Waals surface area contributed by atoms with Crippen molar-refractivity contribution < 1.29 is 9.59 Å². The molecule has 0 radical (unpaired) electrons. The van der Waals surface area contributed by atoms with Crippen molar-refractivity contribution in [2.24, 2.45) is 0 Å². The lowest BCUT2D eigenvalue weighted by atomic mass is 10.0. The van der Waals surface area contributed by atoms with Crippen LogP contribution in [0.15, 0.2) is 11.4 Å². The Morgan fingerprint density at radius 1 is 1.44 bits per heavy atom. The Morgan fingerprint density at radius 2 is 2.11 bits per heavy atom. The molecule has 3 N–H and O–H groups in total. The maximum absolute atomic E-state index is 12.2. The molecule has 0 bridgehead atoms. The van der Waals surface area contributed by atoms with Gasteiger partial charge in [0.15, 0.2) is 0 Å². The molecule has 0 atom stereocenters. The molecule has 6 heteroatoms. The highest BCUT2D eigenvalue weighted by Gasteiger charge is 2.25. The number of carbonyl (C=O) groups excluding carboxylic acids is 2. The second kappa shape index (κ2) is 5.39. The number of hydrogen-bond donors (Lipinski definition) is 2. The van der Waals surface area contributed by atoms with Gasteiger partial charge in [-0.3, -0.25) is 9.59 Å². The van der Waals surface area contributed by atoms with Crippen LogP contribution >= 0.6 is 11.3 Å². The fourth-order valence-corrected chi connectivity index (χ4v) is 2.94. The quantitative estimate of drug-likeness (QED) is 0.841. The van der Waals surface area contributed by atoms with Crippen molar-refractivity contribution in [1.82, 2.24) is 10.2 Å². The zero-order valence-electron chi connectivity index (χ0n) is 10.3. The SMILES string of the molecule is CC(=O)NC1CCN(C(=O)c2sccc2N)CC1. The number of thiophene rings is 1. The first-order valence-corrected chi connectivity index (χ1v) is 6.85. The number of amides is 2. The number of nitrogens with one attached hydrogen (secondary N) is 1. The fourth-order valence-electron chi connectivity index (χ4n) is 2.15. The number of nitrogens with two attached hydrogens (primary N) is 1. The first kappa shape index (κ1) is 12.9. The zero-order valence-corrected chi connectivity index (χ0v) is 11.1. The van der Waals surface area contributed by atoms with Crippen LogP contribution in [0.25, 0.3) is 0 Å². The molecule has 0 unspecified atom stereocenters. The molecule has 0 spiro atoms. The van der Waals surface area contributed by atoms with Crippen LogP contribution in [0.3, 0.4) is 0 Å². The van der Waals surface area contributed by atoms with E-state index < -0.39 is 0 Å². The molecule has 5 nitrogen and oxygen atoms in total. The number of likely N-dealkylation sites (tertiary alicyclic amines) is 1. The molecular weight excluding hydrogens is 250 g/mol. The van der Waals surface area contributed by atoms with Crippen molar-refractivity contribution in [3.05, 3.63) is 16.3 Å². The van der Waals surface area contributed by atoms with Crippen LogP contribution in [-0.2, 0) is 4.79 Å². The van der Waals surface area contributed by atoms with Gasteiger partial charge in [-0.05, 0) is 24.3 Å². The van der Waals surface area contributed by atoms with Crippen molar-refractivity contribution in [3.8, 4) is 0 Å². The van der Waals surface area contributed by atoms with E-state index >= 15 is 0 Å². The summed E-state index contributed by atoms with van der Waals surface area (Å²) in [6, 6.07) is 1.94. The lowest BCUT2D eigenvalue weighted by Crippen LogP contribution is -2.46. The summed E-state index contributed by atoms with van der Waals surface area (Å²) in [7, 11) is 0. The van der Waals surface area contributed by atoms with Crippen molar-refractivity contribution in [3.63, 3.8) is 0 Å². The minimum atomic E-state index is -0.0118. The van der Waals surface area contributed by atoms with E-state index in [0.29, 0.717) is 23.7 Å². The Labute approximate surface area is 110 Å². The minimum absolute atomic E-state index is 0.00350. The summed E-state index contributed by atoms with van der Waals surface area (Å²) in [5, 5.41) is 4.71. The van der Waals surface area contributed by atoms with E-state index in [1.54, 1.807) is 11.0 Å². The summed E-state index contributed by atoms with van der Waals surface area (Å²) < 4.78 is 0. The molecule has 98 valence electrons. The lowest BCUT2D eigenvalue weighted by Gasteiger charge is -2.32. The number of carbonyl (C=O) groups is 2. The van der Waals surface area contributed by atoms with E-state index in [0.717, 1.165) is 12.8 Å². The van der Waals surface area contributed by atoms with Gasteiger partial charge in [0.1, 0.15) is 4.88 Å². The molecular formula is C12H17N3O2S. The van der Waals surface area contributed by atoms with Gasteiger partial charge in [0.05, 0.1) is 5.69 Å². The molecule has 1 aliphatic heterocycles. The van der Waals surface area contributed by atoms with Gasteiger partial charge in [0, 0.05) is 26.1 Å². The first-order valence-electron chi connectivity index (χ1n) is 5.97. The van der Waals surface area contributed by atoms with Crippen LogP contribution in [0.2, 0.25) is 0 Å². The van der Waals surface area contributed by atoms with E-state index in [4.69, 9.17) is 5.73 Å². The number of hydrogen-bond acceptors (Lipinski definition) is 4. The van der Waals surface area contributed by atoms with E-state index in [9.17, 15) is 9.59 Å². The highest BCUT2D eigenvalue weighted by atomic mass is 32.1. The Balaban J connectivity index is 1.92. The van der Waals surface area contributed by atoms with Gasteiger partial charge >= 0.3 is 0 Å². The van der Waals surface area contributed by atoms with E-state index in [1.165, 1.54) is 18.3 Å². The van der Waals surface area contributed by atoms with Gasteiger partial charge in [-0.15, -0.1) is 11.3 Å². The van der Waals surface area contributed by atoms with Crippen LogP contribution in [0.4, 0.5) is 5.69 Å². The van der Waals surface area contributed by atoms with Gasteiger partial charge in [-0.1, -0.05) is 0 Å². The van der Waals surface area contributed by atoms with Crippen LogP contribution in [-0.4, -0.2) is 35.8 Å². The van der Waals surface area contributed by atoms with Gasteiger partial charge in [0.2, 0.25) is 5.91 Å². The Hall–Kier alpha value is -1.56.